The van der Waals surface area contributed by atoms with E-state index in [1.54, 1.807) is 6.07 Å². The number of rotatable bonds is 7. The smallest absolute Gasteiger partial charge is 0.340 e. The number of carboxylic acids is 1. The van der Waals surface area contributed by atoms with Crippen LogP contribution in [0.25, 0.3) is 0 Å². The SMILES string of the molecule is COc1ccc(/C=N\NC(=O)CC(C)C)c(C(=O)O)c1OC. The molecule has 0 heterocycles. The Morgan fingerprint density at radius 3 is 2.50 bits per heavy atom. The summed E-state index contributed by atoms with van der Waals surface area (Å²) in [6.07, 6.45) is 1.61. The summed E-state index contributed by atoms with van der Waals surface area (Å²) in [5.41, 5.74) is 2.58. The number of hydrogen-bond acceptors (Lipinski definition) is 5. The van der Waals surface area contributed by atoms with E-state index < -0.39 is 5.97 Å². The fourth-order valence-electron chi connectivity index (χ4n) is 1.86. The molecule has 1 aromatic carbocycles. The van der Waals surface area contributed by atoms with Crippen molar-refractivity contribution in [1.29, 1.82) is 0 Å². The van der Waals surface area contributed by atoms with Gasteiger partial charge in [-0.05, 0) is 18.1 Å². The van der Waals surface area contributed by atoms with Gasteiger partial charge in [0.05, 0.1) is 20.4 Å². The zero-order valence-electron chi connectivity index (χ0n) is 13.0. The Labute approximate surface area is 128 Å². The highest BCUT2D eigenvalue weighted by molar-refractivity contribution is 6.02. The second kappa shape index (κ2) is 8.02. The zero-order valence-corrected chi connectivity index (χ0v) is 13.0. The van der Waals surface area contributed by atoms with Gasteiger partial charge in [-0.15, -0.1) is 0 Å². The van der Waals surface area contributed by atoms with Crippen molar-refractivity contribution >= 4 is 18.1 Å². The predicted octanol–water partition coefficient (Wildman–Crippen LogP) is 1.90. The average Bonchev–Trinajstić information content (AvgIpc) is 2.45. The van der Waals surface area contributed by atoms with Crippen molar-refractivity contribution in [3.63, 3.8) is 0 Å². The summed E-state index contributed by atoms with van der Waals surface area (Å²) in [5, 5.41) is 13.1. The van der Waals surface area contributed by atoms with E-state index in [4.69, 9.17) is 9.47 Å². The minimum absolute atomic E-state index is 0.0799. The molecular formula is C15H20N2O5. The monoisotopic (exact) mass is 308 g/mol. The lowest BCUT2D eigenvalue weighted by Crippen LogP contribution is -2.19. The Kier molecular flexibility index (Phi) is 6.37. The van der Waals surface area contributed by atoms with E-state index in [2.05, 4.69) is 10.5 Å². The van der Waals surface area contributed by atoms with Crippen LogP contribution < -0.4 is 14.9 Å². The molecule has 0 aliphatic rings. The molecule has 0 bridgehead atoms. The van der Waals surface area contributed by atoms with Crippen LogP contribution in [0.1, 0.15) is 36.2 Å². The molecule has 0 aliphatic heterocycles. The highest BCUT2D eigenvalue weighted by atomic mass is 16.5. The number of benzene rings is 1. The number of carbonyl (C=O) groups is 2. The maximum absolute atomic E-state index is 11.5. The molecule has 0 saturated heterocycles. The molecule has 2 N–H and O–H groups in total. The van der Waals surface area contributed by atoms with Crippen LogP contribution in [0.3, 0.4) is 0 Å². The third-order valence-electron chi connectivity index (χ3n) is 2.78. The predicted molar refractivity (Wildman–Crippen MR) is 81.7 cm³/mol. The van der Waals surface area contributed by atoms with E-state index in [1.807, 2.05) is 13.8 Å². The minimum Gasteiger partial charge on any atom is -0.493 e. The lowest BCUT2D eigenvalue weighted by atomic mass is 10.1. The molecule has 7 nitrogen and oxygen atoms in total. The highest BCUT2D eigenvalue weighted by Crippen LogP contribution is 2.32. The van der Waals surface area contributed by atoms with Crippen LogP contribution in [-0.4, -0.2) is 37.4 Å². The third-order valence-corrected chi connectivity index (χ3v) is 2.78. The average molecular weight is 308 g/mol. The number of amides is 1. The first kappa shape index (κ1) is 17.5. The normalized spacial score (nSPS) is 10.8. The van der Waals surface area contributed by atoms with Crippen molar-refractivity contribution < 1.29 is 24.2 Å². The largest absolute Gasteiger partial charge is 0.493 e. The van der Waals surface area contributed by atoms with Crippen LogP contribution in [0.2, 0.25) is 0 Å². The quantitative estimate of drug-likeness (QED) is 0.592. The molecule has 22 heavy (non-hydrogen) atoms. The first-order chi connectivity index (χ1) is 10.4. The van der Waals surface area contributed by atoms with Gasteiger partial charge >= 0.3 is 5.97 Å². The second-order valence-corrected chi connectivity index (χ2v) is 4.96. The van der Waals surface area contributed by atoms with E-state index in [-0.39, 0.29) is 23.1 Å². The summed E-state index contributed by atoms with van der Waals surface area (Å²) >= 11 is 0. The number of methoxy groups -OCH3 is 2. The van der Waals surface area contributed by atoms with Gasteiger partial charge in [-0.3, -0.25) is 4.79 Å². The lowest BCUT2D eigenvalue weighted by Gasteiger charge is -2.12. The van der Waals surface area contributed by atoms with Crippen molar-refractivity contribution in [2.24, 2.45) is 11.0 Å². The number of nitrogens with one attached hydrogen (secondary N) is 1. The van der Waals surface area contributed by atoms with Gasteiger partial charge in [0.2, 0.25) is 5.91 Å². The number of carboxylic acid groups (broad SMARTS) is 1. The molecular weight excluding hydrogens is 288 g/mol. The van der Waals surface area contributed by atoms with Gasteiger partial charge < -0.3 is 14.6 Å². The fourth-order valence-corrected chi connectivity index (χ4v) is 1.86. The van der Waals surface area contributed by atoms with Gasteiger partial charge in [0.15, 0.2) is 11.5 Å². The van der Waals surface area contributed by atoms with E-state index >= 15 is 0 Å². The van der Waals surface area contributed by atoms with Gasteiger partial charge in [0.1, 0.15) is 5.56 Å². The summed E-state index contributed by atoms with van der Waals surface area (Å²) in [6, 6.07) is 3.10. The maximum Gasteiger partial charge on any atom is 0.340 e. The van der Waals surface area contributed by atoms with Crippen molar-refractivity contribution in [3.05, 3.63) is 23.3 Å². The molecule has 0 fully saturated rings. The van der Waals surface area contributed by atoms with Crippen molar-refractivity contribution in [2.45, 2.75) is 20.3 Å². The topological polar surface area (TPSA) is 97.2 Å². The van der Waals surface area contributed by atoms with Crippen LogP contribution in [0.5, 0.6) is 11.5 Å². The number of hydrazone groups is 1. The number of carbonyl (C=O) groups excluding carboxylic acids is 1. The number of nitrogens with zero attached hydrogens (tertiary/aromatic N) is 1. The molecule has 0 aromatic heterocycles. The molecule has 7 heteroatoms. The lowest BCUT2D eigenvalue weighted by molar-refractivity contribution is -0.121. The van der Waals surface area contributed by atoms with Crippen LogP contribution >= 0.6 is 0 Å². The van der Waals surface area contributed by atoms with E-state index in [9.17, 15) is 14.7 Å². The van der Waals surface area contributed by atoms with Crippen LogP contribution in [0.15, 0.2) is 17.2 Å². The maximum atomic E-state index is 11.5. The van der Waals surface area contributed by atoms with Crippen LogP contribution in [-0.2, 0) is 4.79 Å². The van der Waals surface area contributed by atoms with Gasteiger partial charge in [-0.25, -0.2) is 10.2 Å². The Bertz CT molecular complexity index is 582. The van der Waals surface area contributed by atoms with E-state index in [1.165, 1.54) is 26.5 Å². The third kappa shape index (κ3) is 4.47. The number of aromatic carboxylic acids is 1. The highest BCUT2D eigenvalue weighted by Gasteiger charge is 2.20. The Balaban J connectivity index is 3.04. The molecule has 120 valence electrons. The standard InChI is InChI=1S/C15H20N2O5/c1-9(2)7-12(18)17-16-8-10-5-6-11(21-3)14(22-4)13(10)15(19)20/h5-6,8-9H,7H2,1-4H3,(H,17,18)(H,19,20)/b16-8-. The van der Waals surface area contributed by atoms with E-state index in [0.717, 1.165) is 0 Å². The molecule has 0 atom stereocenters. The molecule has 0 spiro atoms. The Hall–Kier alpha value is -2.57. The molecule has 0 aliphatic carbocycles. The van der Waals surface area contributed by atoms with Crippen molar-refractivity contribution in [2.75, 3.05) is 14.2 Å². The van der Waals surface area contributed by atoms with Gasteiger partial charge in [0, 0.05) is 12.0 Å². The van der Waals surface area contributed by atoms with Crippen LogP contribution in [0, 0.1) is 5.92 Å². The number of ether oxygens (including phenoxy) is 2. The van der Waals surface area contributed by atoms with Crippen molar-refractivity contribution in [1.82, 2.24) is 5.43 Å². The molecule has 0 radical (unpaired) electrons. The van der Waals surface area contributed by atoms with Gasteiger partial charge in [-0.1, -0.05) is 13.8 Å². The first-order valence-corrected chi connectivity index (χ1v) is 6.70. The summed E-state index contributed by atoms with van der Waals surface area (Å²) in [4.78, 5) is 22.9. The molecule has 0 saturated carbocycles. The molecule has 1 amide bonds. The summed E-state index contributed by atoms with van der Waals surface area (Å²) in [5.74, 6) is -0.784. The zero-order chi connectivity index (χ0) is 16.7. The molecule has 0 unspecified atom stereocenters. The summed E-state index contributed by atoms with van der Waals surface area (Å²) < 4.78 is 10.2. The van der Waals surface area contributed by atoms with E-state index in [0.29, 0.717) is 17.7 Å². The Morgan fingerprint density at radius 1 is 1.32 bits per heavy atom. The number of hydrogen-bond donors (Lipinski definition) is 2. The second-order valence-electron chi connectivity index (χ2n) is 4.96. The fraction of sp³-hybridized carbons (Fsp3) is 0.400. The Morgan fingerprint density at radius 2 is 2.00 bits per heavy atom. The molecule has 1 aromatic rings. The molecule has 1 rings (SSSR count). The van der Waals surface area contributed by atoms with Crippen molar-refractivity contribution in [3.8, 4) is 11.5 Å². The summed E-state index contributed by atoms with van der Waals surface area (Å²) in [6.45, 7) is 3.83. The minimum atomic E-state index is -1.18. The van der Waals surface area contributed by atoms with Gasteiger partial charge in [0.25, 0.3) is 0 Å². The van der Waals surface area contributed by atoms with Crippen LogP contribution in [0.4, 0.5) is 0 Å². The summed E-state index contributed by atoms with van der Waals surface area (Å²) in [7, 11) is 2.78. The first-order valence-electron chi connectivity index (χ1n) is 6.70. The van der Waals surface area contributed by atoms with Gasteiger partial charge in [-0.2, -0.15) is 5.10 Å².